The number of hydrogen-bond donors (Lipinski definition) is 0. The number of hydrogen-bond acceptors (Lipinski definition) is 2. The van der Waals surface area contributed by atoms with Gasteiger partial charge in [-0.3, -0.25) is 0 Å². The average molecular weight is 173 g/mol. The van der Waals surface area contributed by atoms with Gasteiger partial charge in [0.15, 0.2) is 0 Å². The summed E-state index contributed by atoms with van der Waals surface area (Å²) in [6.45, 7) is 2.13. The van der Waals surface area contributed by atoms with Crippen molar-refractivity contribution in [2.24, 2.45) is 0 Å². The summed E-state index contributed by atoms with van der Waals surface area (Å²) in [6, 6.07) is 5.98. The summed E-state index contributed by atoms with van der Waals surface area (Å²) in [6.07, 6.45) is 0. The quantitative estimate of drug-likeness (QED) is 0.651. The van der Waals surface area contributed by atoms with Crippen LogP contribution in [-0.4, -0.2) is 6.61 Å². The van der Waals surface area contributed by atoms with Crippen LogP contribution in [0.1, 0.15) is 6.92 Å². The lowest BCUT2D eigenvalue weighted by molar-refractivity contribution is 0.228. The normalized spacial score (nSPS) is 9.58. The lowest BCUT2D eigenvalue weighted by atomic mass is 10.3. The van der Waals surface area contributed by atoms with Gasteiger partial charge in [0.05, 0.1) is 6.61 Å². The molecule has 0 aromatic heterocycles. The molecule has 0 N–H and O–H groups in total. The van der Waals surface area contributed by atoms with E-state index in [-0.39, 0.29) is 11.4 Å². The van der Waals surface area contributed by atoms with Crippen molar-refractivity contribution in [3.8, 4) is 5.75 Å². The topological polar surface area (TPSA) is 12.5 Å². The molecule has 66 valence electrons. The number of halogens is 2. The first-order valence-electron chi connectivity index (χ1n) is 3.59. The largest absolute Gasteiger partial charge is 0.491 e. The van der Waals surface area contributed by atoms with Crippen LogP contribution < -0.4 is 10.1 Å². The van der Waals surface area contributed by atoms with E-state index in [0.717, 1.165) is 0 Å². The monoisotopic (exact) mass is 173 g/mol. The van der Waals surface area contributed by atoms with Gasteiger partial charge in [-0.25, -0.2) is 0 Å². The molecule has 0 saturated heterocycles. The second kappa shape index (κ2) is 3.90. The Morgan fingerprint density at radius 2 is 2.00 bits per heavy atom. The van der Waals surface area contributed by atoms with Crippen LogP contribution in [0.2, 0.25) is 0 Å². The van der Waals surface area contributed by atoms with Crippen molar-refractivity contribution in [3.63, 3.8) is 0 Å². The minimum Gasteiger partial charge on any atom is -0.491 e. The Morgan fingerprint density at radius 3 is 2.58 bits per heavy atom. The van der Waals surface area contributed by atoms with E-state index in [1.807, 2.05) is 0 Å². The van der Waals surface area contributed by atoms with Crippen LogP contribution >= 0.6 is 0 Å². The van der Waals surface area contributed by atoms with Crippen molar-refractivity contribution in [2.75, 3.05) is 12.0 Å². The molecule has 0 aliphatic heterocycles. The second-order valence-corrected chi connectivity index (χ2v) is 2.13. The third-order valence-electron chi connectivity index (χ3n) is 1.35. The molecular formula is C8H9F2NO. The molecule has 0 bridgehead atoms. The third-order valence-corrected chi connectivity index (χ3v) is 1.35. The van der Waals surface area contributed by atoms with Crippen molar-refractivity contribution in [1.29, 1.82) is 0 Å². The molecule has 12 heavy (non-hydrogen) atoms. The summed E-state index contributed by atoms with van der Waals surface area (Å²) in [5, 5.41) is -0.953. The number of ether oxygens (including phenoxy) is 1. The van der Waals surface area contributed by atoms with Gasteiger partial charge >= 0.3 is 0 Å². The molecule has 0 aliphatic carbocycles. The molecule has 0 amide bonds. The standard InChI is InChI=1S/C8H9F2NO/c1-2-12-8-6-4-3-5-7(8)11(9)10/h3-6H,2H2,1H3. The highest BCUT2D eigenvalue weighted by atomic mass is 19.4. The van der Waals surface area contributed by atoms with Gasteiger partial charge in [-0.2, -0.15) is 0 Å². The van der Waals surface area contributed by atoms with Gasteiger partial charge in [0.2, 0.25) is 0 Å². The van der Waals surface area contributed by atoms with E-state index in [0.29, 0.717) is 6.61 Å². The van der Waals surface area contributed by atoms with Gasteiger partial charge in [0.1, 0.15) is 11.4 Å². The zero-order valence-electron chi connectivity index (χ0n) is 6.63. The molecule has 0 fully saturated rings. The molecule has 0 atom stereocenters. The van der Waals surface area contributed by atoms with Crippen molar-refractivity contribution in [2.45, 2.75) is 6.92 Å². The van der Waals surface area contributed by atoms with Crippen LogP contribution in [0, 0.1) is 0 Å². The fraction of sp³-hybridized carbons (Fsp3) is 0.250. The molecule has 2 nitrogen and oxygen atoms in total. The van der Waals surface area contributed by atoms with E-state index in [1.165, 1.54) is 18.2 Å². The Kier molecular flexibility index (Phi) is 2.85. The minimum atomic E-state index is -0.953. The number of benzene rings is 1. The number of anilines is 1. The van der Waals surface area contributed by atoms with E-state index in [2.05, 4.69) is 0 Å². The Hall–Kier alpha value is -1.32. The second-order valence-electron chi connectivity index (χ2n) is 2.13. The van der Waals surface area contributed by atoms with Crippen molar-refractivity contribution in [3.05, 3.63) is 24.3 Å². The summed E-state index contributed by atoms with van der Waals surface area (Å²) in [7, 11) is 0. The van der Waals surface area contributed by atoms with Crippen molar-refractivity contribution < 1.29 is 13.7 Å². The first-order valence-corrected chi connectivity index (χ1v) is 3.59. The summed E-state index contributed by atoms with van der Waals surface area (Å²) < 4.78 is 29.2. The first-order chi connectivity index (χ1) is 5.75. The van der Waals surface area contributed by atoms with E-state index in [9.17, 15) is 8.96 Å². The van der Waals surface area contributed by atoms with E-state index >= 15 is 0 Å². The molecule has 0 spiro atoms. The van der Waals surface area contributed by atoms with Gasteiger partial charge in [-0.1, -0.05) is 21.1 Å². The van der Waals surface area contributed by atoms with E-state index < -0.39 is 5.34 Å². The number of nitrogens with zero attached hydrogens (tertiary/aromatic N) is 1. The third kappa shape index (κ3) is 1.84. The highest BCUT2D eigenvalue weighted by Crippen LogP contribution is 2.28. The van der Waals surface area contributed by atoms with Crippen LogP contribution in [0.4, 0.5) is 14.6 Å². The lowest BCUT2D eigenvalue weighted by Crippen LogP contribution is -2.00. The van der Waals surface area contributed by atoms with Gasteiger partial charge < -0.3 is 4.74 Å². The Morgan fingerprint density at radius 1 is 1.33 bits per heavy atom. The zero-order chi connectivity index (χ0) is 8.97. The molecule has 0 heterocycles. The predicted octanol–water partition coefficient (Wildman–Crippen LogP) is 2.66. The molecular weight excluding hydrogens is 164 g/mol. The van der Waals surface area contributed by atoms with Crippen LogP contribution in [0.3, 0.4) is 0 Å². The summed E-state index contributed by atoms with van der Waals surface area (Å²) in [5.41, 5.74) is -0.209. The average Bonchev–Trinajstić information content (AvgIpc) is 2.05. The summed E-state index contributed by atoms with van der Waals surface area (Å²) >= 11 is 0. The van der Waals surface area contributed by atoms with E-state index in [1.54, 1.807) is 13.0 Å². The highest BCUT2D eigenvalue weighted by Gasteiger charge is 2.09. The maximum atomic E-state index is 12.1. The molecule has 0 radical (unpaired) electrons. The van der Waals surface area contributed by atoms with Crippen molar-refractivity contribution >= 4 is 5.69 Å². The fourth-order valence-corrected chi connectivity index (χ4v) is 0.874. The lowest BCUT2D eigenvalue weighted by Gasteiger charge is -2.08. The highest BCUT2D eigenvalue weighted by molar-refractivity contribution is 5.54. The molecule has 4 heteroatoms. The first kappa shape index (κ1) is 8.77. The maximum absolute atomic E-state index is 12.1. The Bertz CT molecular complexity index is 253. The molecule has 1 aromatic carbocycles. The van der Waals surface area contributed by atoms with Crippen LogP contribution in [0.5, 0.6) is 5.75 Å². The summed E-state index contributed by atoms with van der Waals surface area (Å²) in [5.74, 6) is 0.199. The molecule has 0 aliphatic rings. The summed E-state index contributed by atoms with van der Waals surface area (Å²) in [4.78, 5) is 0. The smallest absolute Gasteiger partial charge is 0.148 e. The fourth-order valence-electron chi connectivity index (χ4n) is 0.874. The maximum Gasteiger partial charge on any atom is 0.148 e. The van der Waals surface area contributed by atoms with Gasteiger partial charge in [0, 0.05) is 0 Å². The zero-order valence-corrected chi connectivity index (χ0v) is 6.63. The molecule has 1 rings (SSSR count). The van der Waals surface area contributed by atoms with E-state index in [4.69, 9.17) is 4.74 Å². The van der Waals surface area contributed by atoms with Crippen molar-refractivity contribution in [1.82, 2.24) is 0 Å². The number of para-hydroxylation sites is 2. The van der Waals surface area contributed by atoms with Gasteiger partial charge in [-0.15, -0.1) is 0 Å². The predicted molar refractivity (Wildman–Crippen MR) is 42.3 cm³/mol. The molecule has 0 saturated carbocycles. The van der Waals surface area contributed by atoms with Crippen LogP contribution in [0.15, 0.2) is 24.3 Å². The van der Waals surface area contributed by atoms with Gasteiger partial charge in [0.25, 0.3) is 0 Å². The SMILES string of the molecule is CCOc1ccccc1N(F)F. The van der Waals surface area contributed by atoms with Crippen LogP contribution in [0.25, 0.3) is 0 Å². The minimum absolute atomic E-state index is 0.199. The molecule has 0 unspecified atom stereocenters. The number of rotatable bonds is 3. The van der Waals surface area contributed by atoms with Gasteiger partial charge in [-0.05, 0) is 24.4 Å². The Labute approximate surface area is 69.2 Å². The molecule has 1 aromatic rings. The Balaban J connectivity index is 2.92. The van der Waals surface area contributed by atoms with Crippen LogP contribution in [-0.2, 0) is 0 Å².